The number of nitriles is 1. The van der Waals surface area contributed by atoms with Crippen LogP contribution >= 0.6 is 11.5 Å². The van der Waals surface area contributed by atoms with Gasteiger partial charge in [-0.2, -0.15) is 9.64 Å². The number of aromatic carboxylic acids is 1. The monoisotopic (exact) mass is 280 g/mol. The maximum Gasteiger partial charge on any atom is 0.347 e. The van der Waals surface area contributed by atoms with E-state index >= 15 is 0 Å². The molecule has 1 N–H and O–H groups in total. The number of rotatable bonds is 2. The Morgan fingerprint density at radius 1 is 1.25 bits per heavy atom. The molecule has 0 unspecified atom stereocenters. The Morgan fingerprint density at radius 3 is 2.75 bits per heavy atom. The van der Waals surface area contributed by atoms with E-state index in [-0.39, 0.29) is 4.88 Å². The van der Waals surface area contributed by atoms with Gasteiger partial charge in [-0.3, -0.25) is 0 Å². The van der Waals surface area contributed by atoms with Crippen molar-refractivity contribution >= 4 is 28.3 Å². The van der Waals surface area contributed by atoms with Crippen molar-refractivity contribution in [2.75, 3.05) is 0 Å². The van der Waals surface area contributed by atoms with Crippen molar-refractivity contribution in [1.82, 2.24) is 4.37 Å². The minimum absolute atomic E-state index is 0.187. The molecule has 1 heterocycles. The van der Waals surface area contributed by atoms with Crippen molar-refractivity contribution < 1.29 is 9.90 Å². The molecule has 5 heteroatoms. The highest BCUT2D eigenvalue weighted by Crippen LogP contribution is 2.28. The minimum Gasteiger partial charge on any atom is -0.477 e. The number of carbonyl (C=O) groups is 1. The third kappa shape index (κ3) is 2.02. The molecular weight excluding hydrogens is 272 g/mol. The second-order valence-corrected chi connectivity index (χ2v) is 5.04. The summed E-state index contributed by atoms with van der Waals surface area (Å²) < 4.78 is 4.14. The summed E-state index contributed by atoms with van der Waals surface area (Å²) in [6.45, 7) is 0. The van der Waals surface area contributed by atoms with Gasteiger partial charge in [-0.05, 0) is 40.5 Å². The normalized spacial score (nSPS) is 10.3. The summed E-state index contributed by atoms with van der Waals surface area (Å²) in [4.78, 5) is 11.1. The van der Waals surface area contributed by atoms with Crippen molar-refractivity contribution in [1.29, 1.82) is 5.26 Å². The summed E-state index contributed by atoms with van der Waals surface area (Å²) in [5.41, 5.74) is 1.89. The van der Waals surface area contributed by atoms with Gasteiger partial charge >= 0.3 is 5.97 Å². The van der Waals surface area contributed by atoms with Gasteiger partial charge in [-0.15, -0.1) is 0 Å². The van der Waals surface area contributed by atoms with Gasteiger partial charge in [-0.25, -0.2) is 4.79 Å². The quantitative estimate of drug-likeness (QED) is 0.779. The van der Waals surface area contributed by atoms with E-state index in [4.69, 9.17) is 5.11 Å². The molecule has 0 aliphatic heterocycles. The summed E-state index contributed by atoms with van der Waals surface area (Å²) in [6.07, 6.45) is 0. The average molecular weight is 280 g/mol. The van der Waals surface area contributed by atoms with Crippen LogP contribution in [0.25, 0.3) is 22.0 Å². The zero-order chi connectivity index (χ0) is 14.1. The molecule has 0 saturated carbocycles. The van der Waals surface area contributed by atoms with Crippen LogP contribution in [0.2, 0.25) is 0 Å². The number of carboxylic acid groups (broad SMARTS) is 1. The highest BCUT2D eigenvalue weighted by atomic mass is 32.1. The molecule has 1 aromatic heterocycles. The van der Waals surface area contributed by atoms with Crippen molar-refractivity contribution in [3.63, 3.8) is 0 Å². The Labute approximate surface area is 118 Å². The Kier molecular flexibility index (Phi) is 2.93. The van der Waals surface area contributed by atoms with Crippen LogP contribution in [-0.4, -0.2) is 15.4 Å². The second-order valence-electron chi connectivity index (χ2n) is 4.24. The lowest BCUT2D eigenvalue weighted by Crippen LogP contribution is -1.90. The van der Waals surface area contributed by atoms with Crippen LogP contribution in [0.1, 0.15) is 15.2 Å². The molecule has 4 nitrogen and oxygen atoms in total. The highest BCUT2D eigenvalue weighted by molar-refractivity contribution is 7.08. The molecule has 96 valence electrons. The first-order valence-electron chi connectivity index (χ1n) is 5.82. The van der Waals surface area contributed by atoms with Gasteiger partial charge in [0.1, 0.15) is 4.88 Å². The lowest BCUT2D eigenvalue weighted by Gasteiger charge is -2.03. The smallest absolute Gasteiger partial charge is 0.347 e. The number of benzene rings is 2. The van der Waals surface area contributed by atoms with Gasteiger partial charge in [0, 0.05) is 5.56 Å². The molecule has 0 spiro atoms. The van der Waals surface area contributed by atoms with Gasteiger partial charge < -0.3 is 5.11 Å². The van der Waals surface area contributed by atoms with Crippen molar-refractivity contribution in [3.05, 3.63) is 52.9 Å². The molecule has 3 aromatic rings. The summed E-state index contributed by atoms with van der Waals surface area (Å²) in [6, 6.07) is 14.9. The third-order valence-corrected chi connectivity index (χ3v) is 3.78. The molecule has 0 radical (unpaired) electrons. The standard InChI is InChI=1S/C15H8N2O2S/c16-8-11-6-10(5-9-3-1-2-4-12(9)11)13-7-14(15(18)19)20-17-13/h1-7H,(H,18,19). The van der Waals surface area contributed by atoms with Crippen molar-refractivity contribution in [2.45, 2.75) is 0 Å². The Morgan fingerprint density at radius 2 is 2.05 bits per heavy atom. The first-order chi connectivity index (χ1) is 9.69. The van der Waals surface area contributed by atoms with Crippen LogP contribution in [0, 0.1) is 11.3 Å². The van der Waals surface area contributed by atoms with Crippen LogP contribution in [0.5, 0.6) is 0 Å². The van der Waals surface area contributed by atoms with Crippen molar-refractivity contribution in [2.24, 2.45) is 0 Å². The third-order valence-electron chi connectivity index (χ3n) is 3.00. The fourth-order valence-electron chi connectivity index (χ4n) is 2.06. The lowest BCUT2D eigenvalue weighted by molar-refractivity contribution is 0.0702. The molecule has 0 amide bonds. The number of aromatic nitrogens is 1. The Bertz CT molecular complexity index is 862. The molecular formula is C15H8N2O2S. The van der Waals surface area contributed by atoms with Crippen LogP contribution in [0.3, 0.4) is 0 Å². The molecule has 0 bridgehead atoms. The summed E-state index contributed by atoms with van der Waals surface area (Å²) in [5, 5.41) is 20.0. The fourth-order valence-corrected chi connectivity index (χ4v) is 2.66. The Balaban J connectivity index is 2.21. The highest BCUT2D eigenvalue weighted by Gasteiger charge is 2.12. The van der Waals surface area contributed by atoms with Gasteiger partial charge in [0.2, 0.25) is 0 Å². The zero-order valence-corrected chi connectivity index (χ0v) is 11.0. The topological polar surface area (TPSA) is 74.0 Å². The van der Waals surface area contributed by atoms with Crippen LogP contribution in [0.4, 0.5) is 0 Å². The van der Waals surface area contributed by atoms with Gasteiger partial charge in [0.25, 0.3) is 0 Å². The lowest BCUT2D eigenvalue weighted by atomic mass is 10.00. The van der Waals surface area contributed by atoms with E-state index in [1.54, 1.807) is 6.07 Å². The zero-order valence-electron chi connectivity index (χ0n) is 10.2. The van der Waals surface area contributed by atoms with Crippen LogP contribution in [-0.2, 0) is 0 Å². The van der Waals surface area contributed by atoms with Gasteiger partial charge in [-0.1, -0.05) is 24.3 Å². The van der Waals surface area contributed by atoms with E-state index in [1.165, 1.54) is 6.07 Å². The number of hydrogen-bond acceptors (Lipinski definition) is 4. The van der Waals surface area contributed by atoms with E-state index in [0.29, 0.717) is 11.3 Å². The Hall–Kier alpha value is -2.71. The average Bonchev–Trinajstić information content (AvgIpc) is 2.96. The summed E-state index contributed by atoms with van der Waals surface area (Å²) >= 11 is 0.939. The molecule has 2 aromatic carbocycles. The fraction of sp³-hybridized carbons (Fsp3) is 0. The van der Waals surface area contributed by atoms with E-state index < -0.39 is 5.97 Å². The first kappa shape index (κ1) is 12.3. The van der Waals surface area contributed by atoms with E-state index in [0.717, 1.165) is 27.9 Å². The molecule has 0 aliphatic carbocycles. The molecule has 0 atom stereocenters. The molecule has 0 fully saturated rings. The van der Waals surface area contributed by atoms with E-state index in [2.05, 4.69) is 10.4 Å². The van der Waals surface area contributed by atoms with Gasteiger partial charge in [0.15, 0.2) is 0 Å². The molecule has 20 heavy (non-hydrogen) atoms. The molecule has 0 aliphatic rings. The SMILES string of the molecule is N#Cc1cc(-c2cc(C(=O)O)sn2)cc2ccccc12. The van der Waals surface area contributed by atoms with Crippen LogP contribution < -0.4 is 0 Å². The maximum absolute atomic E-state index is 10.9. The van der Waals surface area contributed by atoms with E-state index in [1.807, 2.05) is 30.3 Å². The first-order valence-corrected chi connectivity index (χ1v) is 6.59. The van der Waals surface area contributed by atoms with Crippen LogP contribution in [0.15, 0.2) is 42.5 Å². The number of nitrogens with zero attached hydrogens (tertiary/aromatic N) is 2. The number of fused-ring (bicyclic) bond motifs is 1. The number of carboxylic acids is 1. The maximum atomic E-state index is 10.9. The predicted octanol–water partition coefficient (Wildman–Crippen LogP) is 3.53. The van der Waals surface area contributed by atoms with Gasteiger partial charge in [0.05, 0.1) is 17.3 Å². The molecule has 3 rings (SSSR count). The second kappa shape index (κ2) is 4.76. The van der Waals surface area contributed by atoms with Crippen molar-refractivity contribution in [3.8, 4) is 17.3 Å². The molecule has 0 saturated heterocycles. The summed E-state index contributed by atoms with van der Waals surface area (Å²) in [7, 11) is 0. The minimum atomic E-state index is -0.991. The summed E-state index contributed by atoms with van der Waals surface area (Å²) in [5.74, 6) is -0.991. The number of hydrogen-bond donors (Lipinski definition) is 1. The largest absolute Gasteiger partial charge is 0.477 e. The predicted molar refractivity (Wildman–Crippen MR) is 76.7 cm³/mol. The van der Waals surface area contributed by atoms with E-state index in [9.17, 15) is 10.1 Å².